The van der Waals surface area contributed by atoms with Gasteiger partial charge in [0.2, 0.25) is 0 Å². The number of nitrogens with zero attached hydrogens (tertiary/aromatic N) is 2. The molecule has 220 valence electrons. The van der Waals surface area contributed by atoms with Gasteiger partial charge in [0.05, 0.1) is 23.1 Å². The fourth-order valence-electron chi connectivity index (χ4n) is 4.11. The number of hydrogen-bond acceptors (Lipinski definition) is 9. The molecule has 10 nitrogen and oxygen atoms in total. The molecular weight excluding hydrogens is 555 g/mol. The Morgan fingerprint density at radius 1 is 1.15 bits per heavy atom. The lowest BCUT2D eigenvalue weighted by Crippen LogP contribution is -2.49. The predicted molar refractivity (Wildman–Crippen MR) is 140 cm³/mol. The summed E-state index contributed by atoms with van der Waals surface area (Å²) in [5, 5.41) is 2.66. The second-order valence-corrected chi connectivity index (χ2v) is 11.8. The highest BCUT2D eigenvalue weighted by molar-refractivity contribution is 7.19. The van der Waals surface area contributed by atoms with Crippen molar-refractivity contribution in [3.8, 4) is 10.4 Å². The van der Waals surface area contributed by atoms with E-state index in [-0.39, 0.29) is 30.3 Å². The Bertz CT molecular complexity index is 1340. The van der Waals surface area contributed by atoms with Crippen molar-refractivity contribution in [1.29, 1.82) is 0 Å². The number of carbonyl (C=O) groups is 3. The van der Waals surface area contributed by atoms with E-state index in [1.54, 1.807) is 34.6 Å². The van der Waals surface area contributed by atoms with Gasteiger partial charge in [0, 0.05) is 18.2 Å². The van der Waals surface area contributed by atoms with Crippen LogP contribution in [0.15, 0.2) is 21.3 Å². The number of carbonyl (C=O) groups excluding carboxylic acids is 3. The van der Waals surface area contributed by atoms with Gasteiger partial charge in [0.25, 0.3) is 0 Å². The van der Waals surface area contributed by atoms with Crippen LogP contribution in [0, 0.1) is 12.8 Å². The van der Waals surface area contributed by atoms with E-state index in [1.165, 1.54) is 4.90 Å². The molecule has 2 amide bonds. The highest BCUT2D eigenvalue weighted by Crippen LogP contribution is 2.42. The van der Waals surface area contributed by atoms with Crippen molar-refractivity contribution < 1.29 is 41.4 Å². The molecule has 1 aliphatic rings. The van der Waals surface area contributed by atoms with Crippen LogP contribution in [-0.4, -0.2) is 58.8 Å². The number of esters is 2. The van der Waals surface area contributed by atoms with Gasteiger partial charge in [-0.3, -0.25) is 10.1 Å². The van der Waals surface area contributed by atoms with Crippen LogP contribution in [0.4, 0.5) is 23.1 Å². The molecule has 2 aromatic heterocycles. The molecule has 0 bridgehead atoms. The van der Waals surface area contributed by atoms with Crippen molar-refractivity contribution in [3.05, 3.63) is 34.0 Å². The number of thiazole rings is 1. The van der Waals surface area contributed by atoms with Crippen molar-refractivity contribution in [2.24, 2.45) is 5.92 Å². The van der Waals surface area contributed by atoms with Crippen LogP contribution in [-0.2, 0) is 24.5 Å². The van der Waals surface area contributed by atoms with Crippen LogP contribution < -0.4 is 10.9 Å². The number of halogens is 3. The second-order valence-electron chi connectivity index (χ2n) is 10.8. The summed E-state index contributed by atoms with van der Waals surface area (Å²) in [6.45, 7) is 10.2. The molecule has 0 aromatic carbocycles. The molecule has 1 saturated heterocycles. The third-order valence-corrected chi connectivity index (χ3v) is 7.39. The van der Waals surface area contributed by atoms with Crippen molar-refractivity contribution in [3.63, 3.8) is 0 Å². The van der Waals surface area contributed by atoms with E-state index in [9.17, 15) is 32.3 Å². The number of ether oxygens (including phenoxy) is 2. The smallest absolute Gasteiger partial charge is 0.400 e. The molecule has 2 atom stereocenters. The van der Waals surface area contributed by atoms with E-state index >= 15 is 0 Å². The topological polar surface area (TPSA) is 128 Å². The fourth-order valence-corrected chi connectivity index (χ4v) is 5.05. The number of amides is 2. The molecule has 40 heavy (non-hydrogen) atoms. The van der Waals surface area contributed by atoms with Crippen LogP contribution in [0.1, 0.15) is 59.4 Å². The highest BCUT2D eigenvalue weighted by atomic mass is 32.1. The fraction of sp³-hybridized carbons (Fsp3) is 0.577. The molecule has 1 aliphatic heterocycles. The second kappa shape index (κ2) is 11.2. The van der Waals surface area contributed by atoms with Crippen molar-refractivity contribution in [2.75, 3.05) is 18.5 Å². The first kappa shape index (κ1) is 31.1. The maximum atomic E-state index is 13.6. The summed E-state index contributed by atoms with van der Waals surface area (Å²) in [6, 6.07) is 0.216. The summed E-state index contributed by atoms with van der Waals surface area (Å²) in [4.78, 5) is 56.8. The molecule has 14 heteroatoms. The number of urea groups is 1. The van der Waals surface area contributed by atoms with E-state index in [2.05, 4.69) is 10.3 Å². The van der Waals surface area contributed by atoms with Gasteiger partial charge in [0.1, 0.15) is 22.8 Å². The largest absolute Gasteiger partial charge is 0.466 e. The van der Waals surface area contributed by atoms with Crippen molar-refractivity contribution >= 4 is 34.4 Å². The number of anilines is 1. The molecule has 3 rings (SSSR count). The summed E-state index contributed by atoms with van der Waals surface area (Å²) < 4.78 is 56.2. The number of likely N-dealkylation sites (tertiary alicyclic amines) is 1. The number of rotatable bonds is 6. The minimum Gasteiger partial charge on any atom is -0.466 e. The van der Waals surface area contributed by atoms with Gasteiger partial charge in [-0.25, -0.2) is 19.4 Å². The van der Waals surface area contributed by atoms with E-state index in [1.807, 2.05) is 0 Å². The maximum Gasteiger partial charge on any atom is 0.400 e. The zero-order valence-electron chi connectivity index (χ0n) is 23.2. The maximum absolute atomic E-state index is 13.6. The lowest BCUT2D eigenvalue weighted by Gasteiger charge is -2.29. The summed E-state index contributed by atoms with van der Waals surface area (Å²) in [6.07, 6.45) is -4.50. The Morgan fingerprint density at radius 2 is 1.80 bits per heavy atom. The minimum absolute atomic E-state index is 0.0616. The first-order chi connectivity index (χ1) is 18.4. The summed E-state index contributed by atoms with van der Waals surface area (Å²) >= 11 is 0.931. The van der Waals surface area contributed by atoms with Crippen molar-refractivity contribution in [1.82, 2.24) is 9.88 Å². The highest BCUT2D eigenvalue weighted by Gasteiger charge is 2.51. The molecule has 0 saturated carbocycles. The van der Waals surface area contributed by atoms with Crippen LogP contribution in [0.5, 0.6) is 0 Å². The quantitative estimate of drug-likeness (QED) is 0.466. The molecule has 0 unspecified atom stereocenters. The van der Waals surface area contributed by atoms with Gasteiger partial charge in [-0.2, -0.15) is 13.2 Å². The Labute approximate surface area is 232 Å². The normalized spacial score (nSPS) is 18.0. The van der Waals surface area contributed by atoms with Gasteiger partial charge in [-0.15, -0.1) is 0 Å². The summed E-state index contributed by atoms with van der Waals surface area (Å²) in [7, 11) is 0. The van der Waals surface area contributed by atoms with Crippen LogP contribution in [0.2, 0.25) is 0 Å². The third kappa shape index (κ3) is 6.65. The van der Waals surface area contributed by atoms with E-state index in [0.717, 1.165) is 37.3 Å². The van der Waals surface area contributed by atoms with Gasteiger partial charge < -0.3 is 18.8 Å². The number of aromatic nitrogens is 1. The molecule has 1 fully saturated rings. The first-order valence-corrected chi connectivity index (χ1v) is 13.3. The van der Waals surface area contributed by atoms with E-state index in [0.29, 0.717) is 10.6 Å². The number of aryl methyl sites for hydroxylation is 1. The standard InChI is InChI=1S/C26H32F3N3O7S/c1-8-37-20(34)15-9-10-32(18(15)21(35)39-24(3,4)5)23(36)31-22-30-13(2)19(40-22)14-11-16(38-17(33)12-14)25(6,7)26(27,28)29/h11-12,15,18H,8-10H2,1-7H3,(H,30,31,36)/t15-,18+/m1/s1. The predicted octanol–water partition coefficient (Wildman–Crippen LogP) is 5.04. The van der Waals surface area contributed by atoms with Crippen molar-refractivity contribution in [2.45, 2.75) is 78.1 Å². The lowest BCUT2D eigenvalue weighted by atomic mass is 9.88. The average molecular weight is 588 g/mol. The Kier molecular flexibility index (Phi) is 8.73. The Morgan fingerprint density at radius 3 is 2.38 bits per heavy atom. The molecule has 3 heterocycles. The van der Waals surface area contributed by atoms with Gasteiger partial charge in [-0.05, 0) is 61.0 Å². The van der Waals surface area contributed by atoms with Crippen LogP contribution in [0.25, 0.3) is 10.4 Å². The lowest BCUT2D eigenvalue weighted by molar-refractivity contribution is -0.185. The van der Waals surface area contributed by atoms with Gasteiger partial charge in [-0.1, -0.05) is 11.3 Å². The molecular formula is C26H32F3N3O7S. The van der Waals surface area contributed by atoms with Gasteiger partial charge in [0.15, 0.2) is 5.13 Å². The Balaban J connectivity index is 1.90. The minimum atomic E-state index is -4.68. The molecule has 0 aliphatic carbocycles. The zero-order valence-corrected chi connectivity index (χ0v) is 24.0. The number of nitrogens with one attached hydrogen (secondary N) is 1. The van der Waals surface area contributed by atoms with Crippen LogP contribution in [0.3, 0.4) is 0 Å². The first-order valence-electron chi connectivity index (χ1n) is 12.5. The number of alkyl halides is 3. The van der Waals surface area contributed by atoms with Gasteiger partial charge >= 0.3 is 29.8 Å². The monoisotopic (exact) mass is 587 g/mol. The molecule has 0 spiro atoms. The average Bonchev–Trinajstić information content (AvgIpc) is 3.41. The zero-order chi connectivity index (χ0) is 30.2. The summed E-state index contributed by atoms with van der Waals surface area (Å²) in [5.41, 5.74) is -3.78. The van der Waals surface area contributed by atoms with E-state index < -0.39 is 58.5 Å². The van der Waals surface area contributed by atoms with E-state index in [4.69, 9.17) is 13.9 Å². The Hall–Kier alpha value is -3.42. The number of hydrogen-bond donors (Lipinski definition) is 1. The molecule has 2 aromatic rings. The molecule has 0 radical (unpaired) electrons. The third-order valence-electron chi connectivity index (χ3n) is 6.26. The van der Waals surface area contributed by atoms with Crippen LogP contribution >= 0.6 is 11.3 Å². The molecule has 1 N–H and O–H groups in total. The SMILES string of the molecule is CCOC(=O)[C@@H]1CCN(C(=O)Nc2nc(C)c(-c3cc(C(C)(C)C(F)(F)F)oc(=O)c3)s2)[C@@H]1C(=O)OC(C)(C)C. The summed E-state index contributed by atoms with van der Waals surface area (Å²) in [5.74, 6) is -2.87.